The summed E-state index contributed by atoms with van der Waals surface area (Å²) in [5.41, 5.74) is 3.26. The summed E-state index contributed by atoms with van der Waals surface area (Å²) in [5.74, 6) is 1.17. The SMILES string of the molecule is CCC(CC)(c1ccc(OCC2(O)CCCC2)c(C)c1)c1ccc(OS(C)(=O)=O)c(C)c1. The quantitative estimate of drug-likeness (QED) is 0.505. The average Bonchev–Trinajstić information content (AvgIpc) is 3.16. The van der Waals surface area contributed by atoms with Crippen molar-refractivity contribution in [3.63, 3.8) is 0 Å². The molecule has 1 aliphatic rings. The van der Waals surface area contributed by atoms with Crippen molar-refractivity contribution in [2.75, 3.05) is 12.9 Å². The highest BCUT2D eigenvalue weighted by Crippen LogP contribution is 2.42. The minimum absolute atomic E-state index is 0.207. The first kappa shape index (κ1) is 24.6. The van der Waals surface area contributed by atoms with Gasteiger partial charge in [-0.25, -0.2) is 0 Å². The fraction of sp³-hybridized carbons (Fsp3) is 0.538. The van der Waals surface area contributed by atoms with Gasteiger partial charge in [-0.1, -0.05) is 51.0 Å². The van der Waals surface area contributed by atoms with Gasteiger partial charge in [-0.15, -0.1) is 0 Å². The number of benzene rings is 2. The zero-order chi connectivity index (χ0) is 23.6. The number of ether oxygens (including phenoxy) is 1. The van der Waals surface area contributed by atoms with Crippen LogP contribution >= 0.6 is 0 Å². The van der Waals surface area contributed by atoms with Crippen molar-refractivity contribution >= 4 is 10.1 Å². The van der Waals surface area contributed by atoms with Crippen LogP contribution in [-0.2, 0) is 15.5 Å². The van der Waals surface area contributed by atoms with Crippen molar-refractivity contribution in [2.45, 2.75) is 77.2 Å². The molecule has 2 aromatic carbocycles. The molecule has 5 nitrogen and oxygen atoms in total. The van der Waals surface area contributed by atoms with Crippen molar-refractivity contribution in [3.8, 4) is 11.5 Å². The molecule has 0 radical (unpaired) electrons. The van der Waals surface area contributed by atoms with E-state index in [1.54, 1.807) is 6.07 Å². The zero-order valence-electron chi connectivity index (χ0n) is 19.9. The standard InChI is InChI=1S/C26H36O5S/c1-6-26(7-2,22-11-13-24(20(4)17-22)31-32(5,28)29)21-10-12-23(19(3)16-21)30-18-25(27)14-8-9-15-25/h10-13,16-17,27H,6-9,14-15,18H2,1-5H3. The predicted molar refractivity (Wildman–Crippen MR) is 128 cm³/mol. The van der Waals surface area contributed by atoms with Crippen LogP contribution in [0.25, 0.3) is 0 Å². The van der Waals surface area contributed by atoms with E-state index < -0.39 is 15.7 Å². The van der Waals surface area contributed by atoms with Gasteiger partial charge in [0.25, 0.3) is 0 Å². The topological polar surface area (TPSA) is 72.8 Å². The monoisotopic (exact) mass is 460 g/mol. The van der Waals surface area contributed by atoms with Crippen molar-refractivity contribution in [3.05, 3.63) is 58.7 Å². The first-order valence-electron chi connectivity index (χ1n) is 11.5. The van der Waals surface area contributed by atoms with Crippen molar-refractivity contribution in [2.24, 2.45) is 0 Å². The Morgan fingerprint density at radius 1 is 0.938 bits per heavy atom. The Morgan fingerprint density at radius 2 is 1.44 bits per heavy atom. The molecular formula is C26H36O5S. The molecule has 176 valence electrons. The summed E-state index contributed by atoms with van der Waals surface area (Å²) in [5, 5.41) is 10.6. The number of aryl methyl sites for hydroxylation is 2. The number of rotatable bonds is 9. The lowest BCUT2D eigenvalue weighted by molar-refractivity contribution is 0.00121. The number of hydrogen-bond donors (Lipinski definition) is 1. The zero-order valence-corrected chi connectivity index (χ0v) is 20.7. The van der Waals surface area contributed by atoms with Crippen LogP contribution in [0, 0.1) is 13.8 Å². The highest BCUT2D eigenvalue weighted by Gasteiger charge is 2.33. The lowest BCUT2D eigenvalue weighted by atomic mass is 9.70. The van der Waals surface area contributed by atoms with E-state index in [0.29, 0.717) is 12.4 Å². The van der Waals surface area contributed by atoms with Crippen LogP contribution in [0.15, 0.2) is 36.4 Å². The molecule has 0 bridgehead atoms. The molecule has 0 saturated heterocycles. The molecule has 0 atom stereocenters. The van der Waals surface area contributed by atoms with Gasteiger partial charge in [-0.05, 0) is 73.9 Å². The molecule has 2 aromatic rings. The minimum Gasteiger partial charge on any atom is -0.490 e. The Kier molecular flexibility index (Phi) is 7.25. The molecular weight excluding hydrogens is 424 g/mol. The summed E-state index contributed by atoms with van der Waals surface area (Å²) in [7, 11) is -3.57. The summed E-state index contributed by atoms with van der Waals surface area (Å²) in [6.07, 6.45) is 6.57. The highest BCUT2D eigenvalue weighted by atomic mass is 32.2. The first-order valence-corrected chi connectivity index (χ1v) is 13.3. The van der Waals surface area contributed by atoms with Gasteiger partial charge in [-0.2, -0.15) is 8.42 Å². The van der Waals surface area contributed by atoms with E-state index in [0.717, 1.165) is 67.2 Å². The molecule has 1 fully saturated rings. The summed E-state index contributed by atoms with van der Waals surface area (Å²) in [6.45, 7) is 8.60. The molecule has 32 heavy (non-hydrogen) atoms. The van der Waals surface area contributed by atoms with Crippen LogP contribution in [0.1, 0.15) is 74.6 Å². The fourth-order valence-electron chi connectivity index (χ4n) is 4.94. The van der Waals surface area contributed by atoms with Gasteiger partial charge in [0.15, 0.2) is 0 Å². The maximum Gasteiger partial charge on any atom is 0.306 e. The summed E-state index contributed by atoms with van der Waals surface area (Å²) >= 11 is 0. The molecule has 0 aromatic heterocycles. The Bertz CT molecular complexity index is 1050. The third-order valence-electron chi connectivity index (χ3n) is 6.93. The molecule has 1 saturated carbocycles. The van der Waals surface area contributed by atoms with Crippen LogP contribution in [0.5, 0.6) is 11.5 Å². The van der Waals surface area contributed by atoms with E-state index in [1.165, 1.54) is 5.56 Å². The average molecular weight is 461 g/mol. The summed E-state index contributed by atoms with van der Waals surface area (Å²) < 4.78 is 34.2. The van der Waals surface area contributed by atoms with E-state index in [2.05, 4.69) is 26.0 Å². The van der Waals surface area contributed by atoms with Crippen LogP contribution in [0.3, 0.4) is 0 Å². The van der Waals surface area contributed by atoms with Crippen LogP contribution in [-0.4, -0.2) is 32.0 Å². The molecule has 0 spiro atoms. The maximum atomic E-state index is 11.5. The van der Waals surface area contributed by atoms with Crippen LogP contribution in [0.2, 0.25) is 0 Å². The third kappa shape index (κ3) is 5.29. The van der Waals surface area contributed by atoms with E-state index in [9.17, 15) is 13.5 Å². The van der Waals surface area contributed by atoms with E-state index in [4.69, 9.17) is 8.92 Å². The van der Waals surface area contributed by atoms with Gasteiger partial charge < -0.3 is 14.0 Å². The van der Waals surface area contributed by atoms with Gasteiger partial charge in [0.2, 0.25) is 0 Å². The molecule has 6 heteroatoms. The molecule has 0 heterocycles. The molecule has 1 N–H and O–H groups in total. The lowest BCUT2D eigenvalue weighted by Gasteiger charge is -2.34. The number of aliphatic hydroxyl groups is 1. The predicted octanol–water partition coefficient (Wildman–Crippen LogP) is 5.43. The van der Waals surface area contributed by atoms with Crippen molar-refractivity contribution < 1.29 is 22.4 Å². The maximum absolute atomic E-state index is 11.5. The smallest absolute Gasteiger partial charge is 0.306 e. The second kappa shape index (κ2) is 9.44. The molecule has 0 aliphatic heterocycles. The lowest BCUT2D eigenvalue weighted by Crippen LogP contribution is -2.32. The molecule has 1 aliphatic carbocycles. The Balaban J connectivity index is 1.90. The van der Waals surface area contributed by atoms with E-state index >= 15 is 0 Å². The van der Waals surface area contributed by atoms with Gasteiger partial charge in [0.1, 0.15) is 18.1 Å². The second-order valence-corrected chi connectivity index (χ2v) is 10.8. The second-order valence-electron chi connectivity index (χ2n) is 9.26. The Morgan fingerprint density at radius 3 is 1.88 bits per heavy atom. The summed E-state index contributed by atoms with van der Waals surface area (Å²) in [4.78, 5) is 0. The third-order valence-corrected chi connectivity index (χ3v) is 7.42. The Labute approximate surface area is 192 Å². The first-order chi connectivity index (χ1) is 15.0. The normalized spacial score (nSPS) is 16.2. The van der Waals surface area contributed by atoms with Crippen molar-refractivity contribution in [1.29, 1.82) is 0 Å². The van der Waals surface area contributed by atoms with E-state index in [1.807, 2.05) is 32.0 Å². The van der Waals surface area contributed by atoms with Crippen LogP contribution < -0.4 is 8.92 Å². The molecule has 0 amide bonds. The van der Waals surface area contributed by atoms with E-state index in [-0.39, 0.29) is 5.41 Å². The highest BCUT2D eigenvalue weighted by molar-refractivity contribution is 7.86. The summed E-state index contributed by atoms with van der Waals surface area (Å²) in [6, 6.07) is 12.1. The van der Waals surface area contributed by atoms with Crippen LogP contribution in [0.4, 0.5) is 0 Å². The fourth-order valence-corrected chi connectivity index (χ4v) is 5.45. The molecule has 3 rings (SSSR count). The van der Waals surface area contributed by atoms with Crippen molar-refractivity contribution in [1.82, 2.24) is 0 Å². The van der Waals surface area contributed by atoms with Gasteiger partial charge in [-0.3, -0.25) is 0 Å². The molecule has 0 unspecified atom stereocenters. The Hall–Kier alpha value is -2.05. The number of hydrogen-bond acceptors (Lipinski definition) is 5. The largest absolute Gasteiger partial charge is 0.490 e. The van der Waals surface area contributed by atoms with Gasteiger partial charge >= 0.3 is 10.1 Å². The minimum atomic E-state index is -3.57. The van der Waals surface area contributed by atoms with Gasteiger partial charge in [0, 0.05) is 5.41 Å². The van der Waals surface area contributed by atoms with Gasteiger partial charge in [0.05, 0.1) is 11.9 Å².